The van der Waals surface area contributed by atoms with Crippen LogP contribution < -0.4 is 4.90 Å². The summed E-state index contributed by atoms with van der Waals surface area (Å²) in [5.74, 6) is -3.22. The van der Waals surface area contributed by atoms with E-state index in [1.54, 1.807) is 39.0 Å². The molecule has 2 heterocycles. The molecule has 0 aromatic heterocycles. The standard InChI is InChI=1S/C29H33FN4O6/c1-4-39-28(35)25-19(2)31-20(3)26(27(25)21-6-5-7-24(18-21)34(37)38)29(36)40-17-16-32-12-14-33(15-13-32)23-10-8-22(30)9-11-23/h5-11,18,25,27H,4,12-17H2,1-3H3. The number of benzene rings is 2. The van der Waals surface area contributed by atoms with Gasteiger partial charge in [0.2, 0.25) is 0 Å². The molecular weight excluding hydrogens is 519 g/mol. The number of non-ortho nitro benzene ring substituents is 1. The number of piperazine rings is 1. The second-order valence-corrected chi connectivity index (χ2v) is 9.75. The number of ether oxygens (including phenoxy) is 2. The maximum absolute atomic E-state index is 13.5. The van der Waals surface area contributed by atoms with Crippen molar-refractivity contribution in [3.63, 3.8) is 0 Å². The second kappa shape index (κ2) is 12.8. The lowest BCUT2D eigenvalue weighted by atomic mass is 9.75. The van der Waals surface area contributed by atoms with Crippen LogP contribution >= 0.6 is 0 Å². The molecule has 2 unspecified atom stereocenters. The average molecular weight is 553 g/mol. The van der Waals surface area contributed by atoms with Crippen LogP contribution in [0.3, 0.4) is 0 Å². The minimum atomic E-state index is -0.923. The first kappa shape index (κ1) is 28.9. The van der Waals surface area contributed by atoms with E-state index in [4.69, 9.17) is 9.47 Å². The normalized spacial score (nSPS) is 19.7. The van der Waals surface area contributed by atoms with Crippen LogP contribution in [-0.2, 0) is 19.1 Å². The van der Waals surface area contributed by atoms with Crippen LogP contribution in [0.25, 0.3) is 0 Å². The Labute approximate surface area is 232 Å². The van der Waals surface area contributed by atoms with Crippen LogP contribution in [0.2, 0.25) is 0 Å². The summed E-state index contributed by atoms with van der Waals surface area (Å²) in [5, 5.41) is 11.5. The Morgan fingerprint density at radius 3 is 2.42 bits per heavy atom. The minimum absolute atomic E-state index is 0.126. The molecule has 0 amide bonds. The van der Waals surface area contributed by atoms with Crippen molar-refractivity contribution in [1.29, 1.82) is 0 Å². The van der Waals surface area contributed by atoms with Gasteiger partial charge in [0.15, 0.2) is 0 Å². The van der Waals surface area contributed by atoms with Gasteiger partial charge in [-0.1, -0.05) is 12.1 Å². The van der Waals surface area contributed by atoms with Crippen LogP contribution in [0.15, 0.2) is 64.8 Å². The lowest BCUT2D eigenvalue weighted by Gasteiger charge is -2.36. The third kappa shape index (κ3) is 6.53. The van der Waals surface area contributed by atoms with Gasteiger partial charge in [-0.25, -0.2) is 9.18 Å². The quantitative estimate of drug-likeness (QED) is 0.259. The summed E-state index contributed by atoms with van der Waals surface area (Å²) in [7, 11) is 0. The molecule has 2 aromatic carbocycles. The van der Waals surface area contributed by atoms with Crippen molar-refractivity contribution >= 4 is 29.0 Å². The Balaban J connectivity index is 1.46. The number of carbonyl (C=O) groups is 2. The van der Waals surface area contributed by atoms with Gasteiger partial charge in [-0.3, -0.25) is 24.8 Å². The highest BCUT2D eigenvalue weighted by Gasteiger charge is 2.42. The fraction of sp³-hybridized carbons (Fsp3) is 0.414. The van der Waals surface area contributed by atoms with Gasteiger partial charge in [0, 0.05) is 67.9 Å². The van der Waals surface area contributed by atoms with Crippen molar-refractivity contribution in [2.75, 3.05) is 50.8 Å². The smallest absolute Gasteiger partial charge is 0.336 e. The van der Waals surface area contributed by atoms with Gasteiger partial charge in [-0.05, 0) is 50.6 Å². The molecule has 0 bridgehead atoms. The highest BCUT2D eigenvalue weighted by atomic mass is 19.1. The summed E-state index contributed by atoms with van der Waals surface area (Å²) >= 11 is 0. The van der Waals surface area contributed by atoms with Gasteiger partial charge >= 0.3 is 11.9 Å². The molecule has 0 saturated carbocycles. The number of esters is 2. The Morgan fingerprint density at radius 1 is 1.07 bits per heavy atom. The highest BCUT2D eigenvalue weighted by molar-refractivity contribution is 6.07. The number of hydrogen-bond donors (Lipinski definition) is 0. The fourth-order valence-electron chi connectivity index (χ4n) is 5.26. The molecular formula is C29H33FN4O6. The van der Waals surface area contributed by atoms with E-state index in [-0.39, 0.29) is 30.3 Å². The summed E-state index contributed by atoms with van der Waals surface area (Å²) in [6.45, 7) is 8.84. The molecule has 0 radical (unpaired) electrons. The number of aliphatic imine (C=N–C) groups is 1. The van der Waals surface area contributed by atoms with Crippen molar-refractivity contribution in [3.8, 4) is 0 Å². The number of anilines is 1. The number of allylic oxidation sites excluding steroid dienone is 1. The summed E-state index contributed by atoms with van der Waals surface area (Å²) in [6, 6.07) is 12.3. The molecule has 2 atom stereocenters. The van der Waals surface area contributed by atoms with Gasteiger partial charge in [-0.15, -0.1) is 0 Å². The van der Waals surface area contributed by atoms with E-state index in [0.717, 1.165) is 31.9 Å². The van der Waals surface area contributed by atoms with E-state index in [9.17, 15) is 24.1 Å². The topological polar surface area (TPSA) is 115 Å². The zero-order valence-corrected chi connectivity index (χ0v) is 22.8. The predicted molar refractivity (Wildman–Crippen MR) is 148 cm³/mol. The van der Waals surface area contributed by atoms with Crippen molar-refractivity contribution < 1.29 is 28.4 Å². The number of hydrogen-bond acceptors (Lipinski definition) is 9. The zero-order chi connectivity index (χ0) is 28.8. The average Bonchev–Trinajstić information content (AvgIpc) is 2.93. The lowest BCUT2D eigenvalue weighted by Crippen LogP contribution is -2.47. The Morgan fingerprint density at radius 2 is 1.77 bits per heavy atom. The maximum atomic E-state index is 13.5. The molecule has 11 heteroatoms. The van der Waals surface area contributed by atoms with Crippen molar-refractivity contribution in [3.05, 3.63) is 81.3 Å². The van der Waals surface area contributed by atoms with Gasteiger partial charge in [-0.2, -0.15) is 0 Å². The number of nitro benzene ring substituents is 1. The van der Waals surface area contributed by atoms with E-state index in [0.29, 0.717) is 23.5 Å². The minimum Gasteiger partial charge on any atom is -0.465 e. The summed E-state index contributed by atoms with van der Waals surface area (Å²) in [5.41, 5.74) is 2.29. The number of halogens is 1. The lowest BCUT2D eigenvalue weighted by molar-refractivity contribution is -0.384. The van der Waals surface area contributed by atoms with E-state index in [1.165, 1.54) is 30.3 Å². The largest absolute Gasteiger partial charge is 0.465 e. The number of carbonyl (C=O) groups excluding carboxylic acids is 2. The molecule has 0 spiro atoms. The predicted octanol–water partition coefficient (Wildman–Crippen LogP) is 4.11. The van der Waals surface area contributed by atoms with Crippen molar-refractivity contribution in [2.45, 2.75) is 26.7 Å². The first-order chi connectivity index (χ1) is 19.2. The van der Waals surface area contributed by atoms with Gasteiger partial charge < -0.3 is 14.4 Å². The third-order valence-corrected chi connectivity index (χ3v) is 7.23. The number of nitro groups is 1. The monoisotopic (exact) mass is 552 g/mol. The summed E-state index contributed by atoms with van der Waals surface area (Å²) < 4.78 is 24.2. The van der Waals surface area contributed by atoms with Crippen LogP contribution in [0.1, 0.15) is 32.3 Å². The van der Waals surface area contributed by atoms with Crippen LogP contribution in [0.5, 0.6) is 0 Å². The number of rotatable bonds is 9. The molecule has 1 fully saturated rings. The molecule has 1 saturated heterocycles. The molecule has 212 valence electrons. The summed E-state index contributed by atoms with van der Waals surface area (Å²) in [6.07, 6.45) is 0. The molecule has 2 aliphatic rings. The molecule has 40 heavy (non-hydrogen) atoms. The van der Waals surface area contributed by atoms with Crippen LogP contribution in [-0.4, -0.2) is 73.4 Å². The van der Waals surface area contributed by atoms with Crippen LogP contribution in [0, 0.1) is 21.8 Å². The maximum Gasteiger partial charge on any atom is 0.336 e. The van der Waals surface area contributed by atoms with Crippen molar-refractivity contribution in [1.82, 2.24) is 4.90 Å². The van der Waals surface area contributed by atoms with Crippen molar-refractivity contribution in [2.24, 2.45) is 10.9 Å². The SMILES string of the molecule is CCOC(=O)C1C(C)=NC(C)=C(C(=O)OCCN2CCN(c3ccc(F)cc3)CC2)C1c1cccc([N+](=O)[O-])c1. The zero-order valence-electron chi connectivity index (χ0n) is 22.8. The Kier molecular flexibility index (Phi) is 9.26. The van der Waals surface area contributed by atoms with E-state index < -0.39 is 28.7 Å². The third-order valence-electron chi connectivity index (χ3n) is 7.23. The first-order valence-corrected chi connectivity index (χ1v) is 13.3. The van der Waals surface area contributed by atoms with E-state index in [2.05, 4.69) is 14.8 Å². The number of nitrogens with zero attached hydrogens (tertiary/aromatic N) is 4. The van der Waals surface area contributed by atoms with E-state index >= 15 is 0 Å². The Hall–Kier alpha value is -4.12. The van der Waals surface area contributed by atoms with Gasteiger partial charge in [0.25, 0.3) is 5.69 Å². The molecule has 0 N–H and O–H groups in total. The molecule has 0 aliphatic carbocycles. The molecule has 2 aromatic rings. The van der Waals surface area contributed by atoms with E-state index in [1.807, 2.05) is 0 Å². The molecule has 2 aliphatic heterocycles. The fourth-order valence-corrected chi connectivity index (χ4v) is 5.26. The van der Waals surface area contributed by atoms with Gasteiger partial charge in [0.1, 0.15) is 18.3 Å². The molecule has 10 nitrogen and oxygen atoms in total. The Bertz CT molecular complexity index is 1320. The second-order valence-electron chi connectivity index (χ2n) is 9.75. The van der Waals surface area contributed by atoms with Gasteiger partial charge in [0.05, 0.1) is 17.1 Å². The van der Waals surface area contributed by atoms with Crippen LogP contribution in [0.4, 0.5) is 15.8 Å². The molecule has 4 rings (SSSR count). The first-order valence-electron chi connectivity index (χ1n) is 13.3. The highest BCUT2D eigenvalue weighted by Crippen LogP contribution is 2.41. The summed E-state index contributed by atoms with van der Waals surface area (Å²) in [4.78, 5) is 46.2.